The molecule has 2 aromatic carbocycles. The van der Waals surface area contributed by atoms with E-state index in [-0.39, 0.29) is 17.6 Å². The van der Waals surface area contributed by atoms with Crippen LogP contribution >= 0.6 is 0 Å². The van der Waals surface area contributed by atoms with Crippen LogP contribution in [0.25, 0.3) is 0 Å². The van der Waals surface area contributed by atoms with Crippen molar-refractivity contribution in [2.24, 2.45) is 4.99 Å². The number of hydrogen-bond donors (Lipinski definition) is 1. The highest BCUT2D eigenvalue weighted by Gasteiger charge is 2.33. The van der Waals surface area contributed by atoms with Gasteiger partial charge in [0.1, 0.15) is 6.04 Å². The number of hydrazine groups is 1. The van der Waals surface area contributed by atoms with Crippen LogP contribution in [0.5, 0.6) is 0 Å². The van der Waals surface area contributed by atoms with Gasteiger partial charge in [-0.05, 0) is 38.0 Å². The van der Waals surface area contributed by atoms with E-state index >= 15 is 0 Å². The predicted molar refractivity (Wildman–Crippen MR) is 122 cm³/mol. The Morgan fingerprint density at radius 2 is 1.77 bits per heavy atom. The minimum absolute atomic E-state index is 0.155. The summed E-state index contributed by atoms with van der Waals surface area (Å²) in [4.78, 5) is 34.4. The lowest BCUT2D eigenvalue weighted by molar-refractivity contribution is -0.124. The van der Waals surface area contributed by atoms with Gasteiger partial charge in [-0.3, -0.25) is 19.9 Å². The number of aliphatic imine (C=N–C) groups is 1. The smallest absolute Gasteiger partial charge is 0.290 e. The van der Waals surface area contributed by atoms with Crippen molar-refractivity contribution >= 4 is 23.3 Å². The fourth-order valence-electron chi connectivity index (χ4n) is 3.93. The fraction of sp³-hybridized carbons (Fsp3) is 0.375. The molecule has 0 aromatic heterocycles. The highest BCUT2D eigenvalue weighted by Crippen LogP contribution is 2.17. The van der Waals surface area contributed by atoms with E-state index in [1.165, 1.54) is 16.1 Å². The molecular weight excluding hydrogens is 390 g/mol. The molecule has 7 nitrogen and oxygen atoms in total. The minimum Gasteiger partial charge on any atom is -0.335 e. The minimum atomic E-state index is -0.606. The number of anilines is 1. The first-order valence-corrected chi connectivity index (χ1v) is 10.8. The van der Waals surface area contributed by atoms with Crippen LogP contribution < -0.4 is 10.4 Å². The standard InChI is InChI=1S/C24H29N5O2/c1-18-9-11-20(12-10-18)17-27-13-6-14-28(16-15-27)24(31)22-25-19(2)23(30)29(26-22)21-7-4-3-5-8-21/h3-5,7-12,19H,6,13-17H2,1-2H3,(H,25,26). The molecule has 1 atom stereocenters. The maximum atomic E-state index is 13.2. The van der Waals surface area contributed by atoms with E-state index in [4.69, 9.17) is 0 Å². The molecule has 31 heavy (non-hydrogen) atoms. The molecule has 0 radical (unpaired) electrons. The number of rotatable bonds is 4. The van der Waals surface area contributed by atoms with Crippen LogP contribution in [-0.4, -0.2) is 59.7 Å². The number of amidine groups is 1. The maximum Gasteiger partial charge on any atom is 0.290 e. The van der Waals surface area contributed by atoms with Gasteiger partial charge < -0.3 is 4.90 Å². The highest BCUT2D eigenvalue weighted by atomic mass is 16.2. The molecule has 2 aliphatic heterocycles. The van der Waals surface area contributed by atoms with Crippen LogP contribution in [0, 0.1) is 6.92 Å². The maximum absolute atomic E-state index is 13.2. The molecule has 0 aliphatic carbocycles. The van der Waals surface area contributed by atoms with E-state index in [0.29, 0.717) is 18.8 Å². The number of nitrogens with one attached hydrogen (secondary N) is 1. The molecule has 2 heterocycles. The van der Waals surface area contributed by atoms with Crippen molar-refractivity contribution in [1.82, 2.24) is 15.2 Å². The predicted octanol–water partition coefficient (Wildman–Crippen LogP) is 2.37. The molecule has 1 N–H and O–H groups in total. The first-order valence-electron chi connectivity index (χ1n) is 10.8. The molecule has 0 bridgehead atoms. The van der Waals surface area contributed by atoms with Gasteiger partial charge in [-0.2, -0.15) is 0 Å². The van der Waals surface area contributed by atoms with Crippen molar-refractivity contribution in [2.45, 2.75) is 32.9 Å². The zero-order valence-corrected chi connectivity index (χ0v) is 18.1. The van der Waals surface area contributed by atoms with Crippen molar-refractivity contribution in [3.05, 3.63) is 65.7 Å². The number of carbonyl (C=O) groups is 2. The van der Waals surface area contributed by atoms with Gasteiger partial charge in [0.2, 0.25) is 5.84 Å². The summed E-state index contributed by atoms with van der Waals surface area (Å²) in [7, 11) is 0. The zero-order chi connectivity index (χ0) is 21.8. The van der Waals surface area contributed by atoms with Gasteiger partial charge in [-0.25, -0.2) is 10.0 Å². The molecule has 2 aliphatic rings. The number of benzene rings is 2. The molecule has 2 aromatic rings. The van der Waals surface area contributed by atoms with Gasteiger partial charge in [0.25, 0.3) is 11.8 Å². The Bertz CT molecular complexity index is 958. The van der Waals surface area contributed by atoms with Crippen LogP contribution in [0.1, 0.15) is 24.5 Å². The summed E-state index contributed by atoms with van der Waals surface area (Å²) < 4.78 is 0. The zero-order valence-electron chi connectivity index (χ0n) is 18.1. The molecule has 1 unspecified atom stereocenters. The Morgan fingerprint density at radius 1 is 1.03 bits per heavy atom. The Hall–Kier alpha value is -3.19. The van der Waals surface area contributed by atoms with Crippen LogP contribution in [0.4, 0.5) is 5.69 Å². The van der Waals surface area contributed by atoms with E-state index in [0.717, 1.165) is 26.1 Å². The number of carbonyl (C=O) groups excluding carboxylic acids is 2. The van der Waals surface area contributed by atoms with E-state index in [1.54, 1.807) is 6.92 Å². The summed E-state index contributed by atoms with van der Waals surface area (Å²) in [6, 6.07) is 17.3. The third kappa shape index (κ3) is 4.94. The number of para-hydroxylation sites is 1. The summed E-state index contributed by atoms with van der Waals surface area (Å²) >= 11 is 0. The van der Waals surface area contributed by atoms with Gasteiger partial charge in [0.05, 0.1) is 5.69 Å². The Kier molecular flexibility index (Phi) is 6.32. The summed E-state index contributed by atoms with van der Waals surface area (Å²) in [5, 5.41) is 1.42. The van der Waals surface area contributed by atoms with Gasteiger partial charge in [-0.15, -0.1) is 0 Å². The second-order valence-corrected chi connectivity index (χ2v) is 8.18. The second kappa shape index (κ2) is 9.31. The highest BCUT2D eigenvalue weighted by molar-refractivity contribution is 6.39. The van der Waals surface area contributed by atoms with E-state index in [2.05, 4.69) is 46.5 Å². The number of amides is 2. The van der Waals surface area contributed by atoms with E-state index in [9.17, 15) is 9.59 Å². The van der Waals surface area contributed by atoms with Crippen molar-refractivity contribution in [3.63, 3.8) is 0 Å². The van der Waals surface area contributed by atoms with Gasteiger partial charge in [-0.1, -0.05) is 48.0 Å². The number of nitrogens with zero attached hydrogens (tertiary/aromatic N) is 4. The third-order valence-electron chi connectivity index (χ3n) is 5.74. The molecule has 0 saturated carbocycles. The second-order valence-electron chi connectivity index (χ2n) is 8.18. The van der Waals surface area contributed by atoms with Crippen LogP contribution in [0.3, 0.4) is 0 Å². The van der Waals surface area contributed by atoms with Crippen molar-refractivity contribution in [3.8, 4) is 0 Å². The third-order valence-corrected chi connectivity index (χ3v) is 5.74. The molecule has 7 heteroatoms. The average Bonchev–Trinajstić information content (AvgIpc) is 3.03. The van der Waals surface area contributed by atoms with Gasteiger partial charge in [0, 0.05) is 32.7 Å². The fourth-order valence-corrected chi connectivity index (χ4v) is 3.93. The monoisotopic (exact) mass is 419 g/mol. The summed E-state index contributed by atoms with van der Waals surface area (Å²) in [6.45, 7) is 7.77. The van der Waals surface area contributed by atoms with Crippen LogP contribution in [-0.2, 0) is 16.1 Å². The average molecular weight is 420 g/mol. The van der Waals surface area contributed by atoms with E-state index in [1.807, 2.05) is 35.2 Å². The molecule has 162 valence electrons. The molecular formula is C24H29N5O2. The lowest BCUT2D eigenvalue weighted by atomic mass is 10.1. The summed E-state index contributed by atoms with van der Waals surface area (Å²) in [5.41, 5.74) is 6.19. The van der Waals surface area contributed by atoms with Gasteiger partial charge >= 0.3 is 0 Å². The summed E-state index contributed by atoms with van der Waals surface area (Å²) in [6.07, 6.45) is 0.905. The van der Waals surface area contributed by atoms with Crippen molar-refractivity contribution < 1.29 is 9.59 Å². The lowest BCUT2D eigenvalue weighted by Crippen LogP contribution is -2.58. The topological polar surface area (TPSA) is 68.2 Å². The molecule has 2 amide bonds. The largest absolute Gasteiger partial charge is 0.335 e. The first kappa shape index (κ1) is 21.1. The lowest BCUT2D eigenvalue weighted by Gasteiger charge is -2.32. The molecule has 0 spiro atoms. The quantitative estimate of drug-likeness (QED) is 0.826. The van der Waals surface area contributed by atoms with Crippen LogP contribution in [0.15, 0.2) is 59.6 Å². The normalized spacial score (nSPS) is 20.1. The first-order chi connectivity index (χ1) is 15.0. The molecule has 1 saturated heterocycles. The van der Waals surface area contributed by atoms with E-state index < -0.39 is 6.04 Å². The van der Waals surface area contributed by atoms with Crippen molar-refractivity contribution in [1.29, 1.82) is 0 Å². The van der Waals surface area contributed by atoms with Crippen LogP contribution in [0.2, 0.25) is 0 Å². The number of hydrogen-bond acceptors (Lipinski definition) is 5. The summed E-state index contributed by atoms with van der Waals surface area (Å²) in [5.74, 6) is -0.108. The Balaban J connectivity index is 1.41. The van der Waals surface area contributed by atoms with Gasteiger partial charge in [0.15, 0.2) is 0 Å². The molecule has 1 fully saturated rings. The molecule has 4 rings (SSSR count). The Labute approximate surface area is 183 Å². The SMILES string of the molecule is Cc1ccc(CN2CCCN(C(=O)C3=NC(C)C(=O)N(c4ccccc4)N3)CC2)cc1. The Morgan fingerprint density at radius 3 is 2.52 bits per heavy atom. The number of aryl methyl sites for hydroxylation is 1. The van der Waals surface area contributed by atoms with Crippen molar-refractivity contribution in [2.75, 3.05) is 31.2 Å².